The maximum Gasteiger partial charge on any atom is 0.251 e. The highest BCUT2D eigenvalue weighted by Crippen LogP contribution is 2.24. The van der Waals surface area contributed by atoms with Crippen molar-refractivity contribution < 1.29 is 14.6 Å². The number of carbonyl (C=O) groups excluding carboxylic acids is 1. The molecule has 16 heavy (non-hydrogen) atoms. The first-order valence-corrected chi connectivity index (χ1v) is 6.11. The fourth-order valence-electron chi connectivity index (χ4n) is 1.89. The van der Waals surface area contributed by atoms with E-state index in [0.29, 0.717) is 19.1 Å². The van der Waals surface area contributed by atoms with Crippen LogP contribution >= 0.6 is 0 Å². The zero-order valence-electron chi connectivity index (χ0n) is 10.3. The first-order valence-electron chi connectivity index (χ1n) is 6.11. The van der Waals surface area contributed by atoms with Gasteiger partial charge in [-0.3, -0.25) is 4.79 Å². The van der Waals surface area contributed by atoms with E-state index in [1.54, 1.807) is 0 Å². The van der Waals surface area contributed by atoms with Crippen LogP contribution in [0.4, 0.5) is 0 Å². The SMILES string of the molecule is CC(CO)CCCNC(=O)C1(C)CCCO1. The number of ether oxygens (including phenoxy) is 1. The number of carbonyl (C=O) groups is 1. The topological polar surface area (TPSA) is 58.6 Å². The molecule has 1 amide bonds. The van der Waals surface area contributed by atoms with Gasteiger partial charge in [0.2, 0.25) is 0 Å². The summed E-state index contributed by atoms with van der Waals surface area (Å²) in [7, 11) is 0. The molecule has 0 spiro atoms. The standard InChI is InChI=1S/C12H23NO3/c1-10(9-14)5-3-7-13-11(15)12(2)6-4-8-16-12/h10,14H,3-9H2,1-2H3,(H,13,15). The number of amides is 1. The molecule has 0 aromatic carbocycles. The Morgan fingerprint density at radius 3 is 2.94 bits per heavy atom. The molecule has 4 nitrogen and oxygen atoms in total. The van der Waals surface area contributed by atoms with Gasteiger partial charge in [-0.05, 0) is 38.5 Å². The first kappa shape index (κ1) is 13.5. The second-order valence-electron chi connectivity index (χ2n) is 4.87. The second-order valence-corrected chi connectivity index (χ2v) is 4.87. The summed E-state index contributed by atoms with van der Waals surface area (Å²) in [6.45, 7) is 5.43. The Kier molecular flexibility index (Phi) is 5.22. The van der Waals surface area contributed by atoms with E-state index in [0.717, 1.165) is 25.7 Å². The summed E-state index contributed by atoms with van der Waals surface area (Å²) >= 11 is 0. The van der Waals surface area contributed by atoms with Gasteiger partial charge in [-0.1, -0.05) is 6.92 Å². The van der Waals surface area contributed by atoms with Crippen LogP contribution < -0.4 is 5.32 Å². The highest BCUT2D eigenvalue weighted by atomic mass is 16.5. The zero-order chi connectivity index (χ0) is 12.0. The minimum atomic E-state index is -0.609. The molecule has 1 fully saturated rings. The van der Waals surface area contributed by atoms with Crippen molar-refractivity contribution in [2.75, 3.05) is 19.8 Å². The van der Waals surface area contributed by atoms with Crippen molar-refractivity contribution >= 4 is 5.91 Å². The minimum absolute atomic E-state index is 0.00153. The molecule has 1 saturated heterocycles. The molecule has 94 valence electrons. The van der Waals surface area contributed by atoms with Gasteiger partial charge in [0.25, 0.3) is 5.91 Å². The Morgan fingerprint density at radius 2 is 2.38 bits per heavy atom. The molecule has 0 bridgehead atoms. The summed E-state index contributed by atoms with van der Waals surface area (Å²) in [5.74, 6) is 0.317. The van der Waals surface area contributed by atoms with E-state index < -0.39 is 5.60 Å². The molecule has 0 radical (unpaired) electrons. The van der Waals surface area contributed by atoms with Gasteiger partial charge in [0.15, 0.2) is 0 Å². The van der Waals surface area contributed by atoms with E-state index in [9.17, 15) is 4.79 Å². The van der Waals surface area contributed by atoms with Crippen molar-refractivity contribution in [1.29, 1.82) is 0 Å². The summed E-state index contributed by atoms with van der Waals surface area (Å²) in [5.41, 5.74) is -0.609. The summed E-state index contributed by atoms with van der Waals surface area (Å²) in [6, 6.07) is 0. The third-order valence-corrected chi connectivity index (χ3v) is 3.17. The average molecular weight is 229 g/mol. The molecule has 2 unspecified atom stereocenters. The number of nitrogens with one attached hydrogen (secondary N) is 1. The van der Waals surface area contributed by atoms with Gasteiger partial charge in [0.05, 0.1) is 0 Å². The maximum absolute atomic E-state index is 11.8. The van der Waals surface area contributed by atoms with Crippen molar-refractivity contribution in [3.8, 4) is 0 Å². The Balaban J connectivity index is 2.15. The summed E-state index contributed by atoms with van der Waals surface area (Å²) < 4.78 is 5.45. The van der Waals surface area contributed by atoms with Crippen molar-refractivity contribution in [3.05, 3.63) is 0 Å². The molecular weight excluding hydrogens is 206 g/mol. The lowest BCUT2D eigenvalue weighted by molar-refractivity contribution is -0.139. The molecule has 2 N–H and O–H groups in total. The predicted molar refractivity (Wildman–Crippen MR) is 62.1 cm³/mol. The van der Waals surface area contributed by atoms with Crippen molar-refractivity contribution in [3.63, 3.8) is 0 Å². The van der Waals surface area contributed by atoms with Crippen LogP contribution in [-0.2, 0) is 9.53 Å². The second kappa shape index (κ2) is 6.21. The third kappa shape index (κ3) is 3.76. The molecule has 1 heterocycles. The number of hydrogen-bond donors (Lipinski definition) is 2. The molecule has 0 saturated carbocycles. The van der Waals surface area contributed by atoms with E-state index in [4.69, 9.17) is 9.84 Å². The van der Waals surface area contributed by atoms with E-state index in [1.807, 2.05) is 13.8 Å². The van der Waals surface area contributed by atoms with Gasteiger partial charge in [0.1, 0.15) is 5.60 Å². The van der Waals surface area contributed by atoms with E-state index in [-0.39, 0.29) is 12.5 Å². The van der Waals surface area contributed by atoms with Crippen LogP contribution in [0.15, 0.2) is 0 Å². The van der Waals surface area contributed by atoms with Crippen LogP contribution in [0.1, 0.15) is 39.5 Å². The average Bonchev–Trinajstić information content (AvgIpc) is 2.72. The van der Waals surface area contributed by atoms with Crippen LogP contribution in [-0.4, -0.2) is 36.4 Å². The summed E-state index contributed by atoms with van der Waals surface area (Å²) in [4.78, 5) is 11.8. The van der Waals surface area contributed by atoms with Crippen molar-refractivity contribution in [2.24, 2.45) is 5.92 Å². The summed E-state index contributed by atoms with van der Waals surface area (Å²) in [5, 5.41) is 11.7. The third-order valence-electron chi connectivity index (χ3n) is 3.17. The van der Waals surface area contributed by atoms with Crippen LogP contribution in [0.3, 0.4) is 0 Å². The number of hydrogen-bond acceptors (Lipinski definition) is 3. The van der Waals surface area contributed by atoms with E-state index in [2.05, 4.69) is 5.32 Å². The highest BCUT2D eigenvalue weighted by Gasteiger charge is 2.37. The lowest BCUT2D eigenvalue weighted by Gasteiger charge is -2.22. The molecule has 4 heteroatoms. The Bertz CT molecular complexity index is 224. The van der Waals surface area contributed by atoms with E-state index in [1.165, 1.54) is 0 Å². The number of aliphatic hydroxyl groups excluding tert-OH is 1. The normalized spacial score (nSPS) is 26.7. The van der Waals surface area contributed by atoms with Gasteiger partial charge in [-0.15, -0.1) is 0 Å². The predicted octanol–water partition coefficient (Wildman–Crippen LogP) is 1.08. The van der Waals surface area contributed by atoms with E-state index >= 15 is 0 Å². The quantitative estimate of drug-likeness (QED) is 0.670. The lowest BCUT2D eigenvalue weighted by Crippen LogP contribution is -2.44. The van der Waals surface area contributed by atoms with Gasteiger partial charge < -0.3 is 15.2 Å². The van der Waals surface area contributed by atoms with Crippen LogP contribution in [0.25, 0.3) is 0 Å². The molecule has 1 rings (SSSR count). The highest BCUT2D eigenvalue weighted by molar-refractivity contribution is 5.84. The Morgan fingerprint density at radius 1 is 1.62 bits per heavy atom. The van der Waals surface area contributed by atoms with Crippen molar-refractivity contribution in [1.82, 2.24) is 5.32 Å². The fourth-order valence-corrected chi connectivity index (χ4v) is 1.89. The fraction of sp³-hybridized carbons (Fsp3) is 0.917. The monoisotopic (exact) mass is 229 g/mol. The van der Waals surface area contributed by atoms with Crippen LogP contribution in [0.5, 0.6) is 0 Å². The molecule has 0 aliphatic carbocycles. The zero-order valence-corrected chi connectivity index (χ0v) is 10.3. The van der Waals surface area contributed by atoms with Crippen LogP contribution in [0, 0.1) is 5.92 Å². The number of aliphatic hydroxyl groups is 1. The van der Waals surface area contributed by atoms with Gasteiger partial charge in [0, 0.05) is 19.8 Å². The summed E-state index contributed by atoms with van der Waals surface area (Å²) in [6.07, 6.45) is 3.62. The minimum Gasteiger partial charge on any atom is -0.396 e. The van der Waals surface area contributed by atoms with Crippen LogP contribution in [0.2, 0.25) is 0 Å². The molecule has 1 aliphatic rings. The maximum atomic E-state index is 11.8. The first-order chi connectivity index (χ1) is 7.58. The van der Waals surface area contributed by atoms with Gasteiger partial charge in [-0.2, -0.15) is 0 Å². The molecular formula is C12H23NO3. The smallest absolute Gasteiger partial charge is 0.251 e. The Labute approximate surface area is 97.4 Å². The Hall–Kier alpha value is -0.610. The number of rotatable bonds is 6. The molecule has 0 aromatic rings. The largest absolute Gasteiger partial charge is 0.396 e. The van der Waals surface area contributed by atoms with Gasteiger partial charge >= 0.3 is 0 Å². The molecule has 2 atom stereocenters. The van der Waals surface area contributed by atoms with Gasteiger partial charge in [-0.25, -0.2) is 0 Å². The molecule has 0 aromatic heterocycles. The molecule has 1 aliphatic heterocycles. The van der Waals surface area contributed by atoms with Crippen molar-refractivity contribution in [2.45, 2.75) is 45.1 Å². The lowest BCUT2D eigenvalue weighted by atomic mass is 10.0.